The Morgan fingerprint density at radius 2 is 1.71 bits per heavy atom. The number of nitro groups is 1. The molecule has 2 aromatic carbocycles. The molecule has 0 saturated heterocycles. The summed E-state index contributed by atoms with van der Waals surface area (Å²) in [6.07, 6.45) is 0. The Hall–Kier alpha value is -3.09. The number of nitrogens with zero attached hydrogens (tertiary/aromatic N) is 1. The molecule has 1 atom stereocenters. The van der Waals surface area contributed by atoms with Gasteiger partial charge in [-0.3, -0.25) is 14.9 Å². The van der Waals surface area contributed by atoms with Crippen molar-refractivity contribution in [3.05, 3.63) is 64.2 Å². The zero-order valence-corrected chi connectivity index (χ0v) is 13.4. The van der Waals surface area contributed by atoms with Crippen LogP contribution in [0.5, 0.6) is 11.5 Å². The summed E-state index contributed by atoms with van der Waals surface area (Å²) < 4.78 is 10.7. The molecule has 0 aliphatic heterocycles. The van der Waals surface area contributed by atoms with Crippen LogP contribution in [0.25, 0.3) is 0 Å². The van der Waals surface area contributed by atoms with Crippen molar-refractivity contribution in [1.82, 2.24) is 5.32 Å². The van der Waals surface area contributed by atoms with Gasteiger partial charge in [-0.15, -0.1) is 0 Å². The Morgan fingerprint density at radius 3 is 2.25 bits per heavy atom. The van der Waals surface area contributed by atoms with Crippen LogP contribution in [0.2, 0.25) is 0 Å². The highest BCUT2D eigenvalue weighted by Crippen LogP contribution is 2.17. The van der Waals surface area contributed by atoms with Crippen LogP contribution in [0.3, 0.4) is 0 Å². The molecule has 0 heterocycles. The van der Waals surface area contributed by atoms with Gasteiger partial charge in [-0.2, -0.15) is 0 Å². The van der Waals surface area contributed by atoms with E-state index in [2.05, 4.69) is 5.32 Å². The Morgan fingerprint density at radius 1 is 1.12 bits per heavy atom. The van der Waals surface area contributed by atoms with Gasteiger partial charge < -0.3 is 14.8 Å². The lowest BCUT2D eigenvalue weighted by Gasteiger charge is -2.15. The molecule has 1 N–H and O–H groups in total. The van der Waals surface area contributed by atoms with Crippen LogP contribution >= 0.6 is 0 Å². The number of rotatable bonds is 7. The van der Waals surface area contributed by atoms with E-state index in [0.717, 1.165) is 5.75 Å². The Labute approximate surface area is 139 Å². The number of hydrogen-bond donors (Lipinski definition) is 1. The number of non-ortho nitro benzene ring substituents is 1. The number of benzene rings is 2. The van der Waals surface area contributed by atoms with Gasteiger partial charge >= 0.3 is 0 Å². The SMILES string of the molecule is COc1ccc(OC[C@@H](C)NC(=O)c2ccc([N+](=O)[O-])cc2)cc1. The van der Waals surface area contributed by atoms with Crippen LogP contribution in [0.1, 0.15) is 17.3 Å². The molecule has 0 aromatic heterocycles. The van der Waals surface area contributed by atoms with Crippen molar-refractivity contribution >= 4 is 11.6 Å². The van der Waals surface area contributed by atoms with E-state index in [1.165, 1.54) is 24.3 Å². The van der Waals surface area contributed by atoms with E-state index in [9.17, 15) is 14.9 Å². The summed E-state index contributed by atoms with van der Waals surface area (Å²) >= 11 is 0. The van der Waals surface area contributed by atoms with Crippen LogP contribution in [0.15, 0.2) is 48.5 Å². The molecule has 2 rings (SSSR count). The van der Waals surface area contributed by atoms with E-state index in [0.29, 0.717) is 17.9 Å². The number of hydrogen-bond acceptors (Lipinski definition) is 5. The first-order chi connectivity index (χ1) is 11.5. The van der Waals surface area contributed by atoms with E-state index >= 15 is 0 Å². The predicted octanol–water partition coefficient (Wildman–Crippen LogP) is 2.80. The van der Waals surface area contributed by atoms with Crippen molar-refractivity contribution in [1.29, 1.82) is 0 Å². The van der Waals surface area contributed by atoms with Gasteiger partial charge in [0.2, 0.25) is 0 Å². The molecular weight excluding hydrogens is 312 g/mol. The van der Waals surface area contributed by atoms with Crippen molar-refractivity contribution in [2.45, 2.75) is 13.0 Å². The maximum atomic E-state index is 12.1. The molecular formula is C17H18N2O5. The van der Waals surface area contributed by atoms with Crippen LogP contribution in [0, 0.1) is 10.1 Å². The number of carbonyl (C=O) groups excluding carboxylic acids is 1. The van der Waals surface area contributed by atoms with Crippen molar-refractivity contribution in [2.75, 3.05) is 13.7 Å². The Balaban J connectivity index is 1.85. The van der Waals surface area contributed by atoms with E-state index in [4.69, 9.17) is 9.47 Å². The fraction of sp³-hybridized carbons (Fsp3) is 0.235. The van der Waals surface area contributed by atoms with Crippen LogP contribution in [0.4, 0.5) is 5.69 Å². The minimum atomic E-state index is -0.507. The van der Waals surface area contributed by atoms with E-state index in [-0.39, 0.29) is 17.6 Å². The molecule has 0 aliphatic carbocycles. The molecule has 2 aromatic rings. The fourth-order valence-corrected chi connectivity index (χ4v) is 1.98. The molecule has 24 heavy (non-hydrogen) atoms. The smallest absolute Gasteiger partial charge is 0.269 e. The topological polar surface area (TPSA) is 90.7 Å². The molecule has 1 amide bonds. The molecule has 0 unspecified atom stereocenters. The number of nitro benzene ring substituents is 1. The van der Waals surface area contributed by atoms with Gasteiger partial charge in [-0.1, -0.05) is 0 Å². The number of amides is 1. The van der Waals surface area contributed by atoms with Gasteiger partial charge in [0.25, 0.3) is 11.6 Å². The number of ether oxygens (including phenoxy) is 2. The van der Waals surface area contributed by atoms with Crippen LogP contribution in [-0.2, 0) is 0 Å². The summed E-state index contributed by atoms with van der Waals surface area (Å²) in [6.45, 7) is 2.11. The molecule has 0 radical (unpaired) electrons. The largest absolute Gasteiger partial charge is 0.497 e. The second kappa shape index (κ2) is 7.96. The van der Waals surface area contributed by atoms with Crippen molar-refractivity contribution in [3.63, 3.8) is 0 Å². The van der Waals surface area contributed by atoms with Crippen molar-refractivity contribution in [3.8, 4) is 11.5 Å². The lowest BCUT2D eigenvalue weighted by atomic mass is 10.2. The third kappa shape index (κ3) is 4.70. The van der Waals surface area contributed by atoms with Crippen LogP contribution in [-0.4, -0.2) is 30.6 Å². The summed E-state index contributed by atoms with van der Waals surface area (Å²) in [4.78, 5) is 22.2. The van der Waals surface area contributed by atoms with Gasteiger partial charge in [-0.05, 0) is 43.3 Å². The monoisotopic (exact) mass is 330 g/mol. The standard InChI is InChI=1S/C17H18N2O5/c1-12(11-24-16-9-7-15(23-2)8-10-16)18-17(20)13-3-5-14(6-4-13)19(21)22/h3-10,12H,11H2,1-2H3,(H,18,20)/t12-/m1/s1. The number of carbonyl (C=O) groups is 1. The van der Waals surface area contributed by atoms with Crippen molar-refractivity contribution in [2.24, 2.45) is 0 Å². The predicted molar refractivity (Wildman–Crippen MR) is 88.5 cm³/mol. The summed E-state index contributed by atoms with van der Waals surface area (Å²) in [5, 5.41) is 13.4. The first kappa shape index (κ1) is 17.3. The fourth-order valence-electron chi connectivity index (χ4n) is 1.98. The normalized spacial score (nSPS) is 11.4. The quantitative estimate of drug-likeness (QED) is 0.622. The van der Waals surface area contributed by atoms with Gasteiger partial charge in [-0.25, -0.2) is 0 Å². The third-order valence-corrected chi connectivity index (χ3v) is 3.28. The Kier molecular flexibility index (Phi) is 5.73. The second-order valence-electron chi connectivity index (χ2n) is 5.17. The number of nitrogens with one attached hydrogen (secondary N) is 1. The lowest BCUT2D eigenvalue weighted by molar-refractivity contribution is -0.384. The molecule has 0 aliphatic rings. The van der Waals surface area contributed by atoms with Gasteiger partial charge in [0.1, 0.15) is 18.1 Å². The molecule has 0 bridgehead atoms. The van der Waals surface area contributed by atoms with Gasteiger partial charge in [0.05, 0.1) is 18.1 Å². The van der Waals surface area contributed by atoms with Gasteiger partial charge in [0.15, 0.2) is 0 Å². The first-order valence-electron chi connectivity index (χ1n) is 7.32. The van der Waals surface area contributed by atoms with E-state index in [1.54, 1.807) is 31.4 Å². The van der Waals surface area contributed by atoms with E-state index < -0.39 is 4.92 Å². The van der Waals surface area contributed by atoms with Gasteiger partial charge in [0, 0.05) is 17.7 Å². The lowest BCUT2D eigenvalue weighted by Crippen LogP contribution is -2.36. The highest BCUT2D eigenvalue weighted by atomic mass is 16.6. The summed E-state index contributed by atoms with van der Waals surface area (Å²) in [5.74, 6) is 1.10. The first-order valence-corrected chi connectivity index (χ1v) is 7.32. The summed E-state index contributed by atoms with van der Waals surface area (Å²) in [7, 11) is 1.59. The minimum absolute atomic E-state index is 0.0533. The molecule has 126 valence electrons. The van der Waals surface area contributed by atoms with Crippen LogP contribution < -0.4 is 14.8 Å². The number of methoxy groups -OCH3 is 1. The third-order valence-electron chi connectivity index (χ3n) is 3.28. The Bertz CT molecular complexity index is 698. The average molecular weight is 330 g/mol. The highest BCUT2D eigenvalue weighted by Gasteiger charge is 2.12. The molecule has 0 saturated carbocycles. The zero-order chi connectivity index (χ0) is 17.5. The summed E-state index contributed by atoms with van der Waals surface area (Å²) in [5.41, 5.74) is 0.305. The highest BCUT2D eigenvalue weighted by molar-refractivity contribution is 5.94. The molecule has 0 spiro atoms. The maximum absolute atomic E-state index is 12.1. The average Bonchev–Trinajstić information content (AvgIpc) is 2.60. The van der Waals surface area contributed by atoms with Crippen molar-refractivity contribution < 1.29 is 19.2 Å². The summed E-state index contributed by atoms with van der Waals surface area (Å²) in [6, 6.07) is 12.4. The minimum Gasteiger partial charge on any atom is -0.497 e. The van der Waals surface area contributed by atoms with E-state index in [1.807, 2.05) is 6.92 Å². The zero-order valence-electron chi connectivity index (χ0n) is 13.4. The maximum Gasteiger partial charge on any atom is 0.269 e. The molecule has 7 heteroatoms. The molecule has 0 fully saturated rings. The molecule has 7 nitrogen and oxygen atoms in total. The second-order valence-corrected chi connectivity index (χ2v) is 5.17.